The molecule has 0 saturated carbocycles. The molecule has 1 aromatic heterocycles. The van der Waals surface area contributed by atoms with Gasteiger partial charge in [0, 0.05) is 20.4 Å². The van der Waals surface area contributed by atoms with Gasteiger partial charge >= 0.3 is 0 Å². The van der Waals surface area contributed by atoms with Crippen molar-refractivity contribution in [2.75, 3.05) is 21.3 Å². The molecule has 1 atom stereocenters. The van der Waals surface area contributed by atoms with E-state index in [0.717, 1.165) is 5.56 Å². The molecular weight excluding hydrogens is 196 g/mol. The van der Waals surface area contributed by atoms with Crippen LogP contribution in [0.3, 0.4) is 0 Å². The van der Waals surface area contributed by atoms with Crippen LogP contribution in [-0.4, -0.2) is 32.6 Å². The van der Waals surface area contributed by atoms with Gasteiger partial charge in [0.15, 0.2) is 6.29 Å². The van der Waals surface area contributed by atoms with Crippen molar-refractivity contribution in [3.63, 3.8) is 0 Å². The van der Waals surface area contributed by atoms with E-state index >= 15 is 0 Å². The summed E-state index contributed by atoms with van der Waals surface area (Å²) < 4.78 is 15.2. The molecule has 1 aromatic rings. The number of hydrogen-bond donors (Lipinski definition) is 1. The van der Waals surface area contributed by atoms with Crippen molar-refractivity contribution in [2.45, 2.75) is 12.3 Å². The zero-order chi connectivity index (χ0) is 11.3. The molecule has 0 aliphatic heterocycles. The zero-order valence-corrected chi connectivity index (χ0v) is 9.14. The molecule has 0 aliphatic carbocycles. The number of pyridine rings is 1. The average Bonchev–Trinajstić information content (AvgIpc) is 2.30. The fraction of sp³-hybridized carbons (Fsp3) is 0.500. The summed E-state index contributed by atoms with van der Waals surface area (Å²) in [6, 6.07) is 1.42. The number of aromatic nitrogens is 1. The number of ether oxygens (including phenoxy) is 3. The summed E-state index contributed by atoms with van der Waals surface area (Å²) in [6.07, 6.45) is 2.79. The molecule has 1 rings (SSSR count). The molecular formula is C10H16N2O3. The van der Waals surface area contributed by atoms with E-state index in [4.69, 9.17) is 19.9 Å². The lowest BCUT2D eigenvalue weighted by Crippen LogP contribution is -2.29. The lowest BCUT2D eigenvalue weighted by Gasteiger charge is -2.21. The Morgan fingerprint density at radius 2 is 1.87 bits per heavy atom. The molecule has 0 saturated heterocycles. The first-order valence-electron chi connectivity index (χ1n) is 4.53. The van der Waals surface area contributed by atoms with E-state index in [0.29, 0.717) is 5.75 Å². The van der Waals surface area contributed by atoms with Gasteiger partial charge in [-0.05, 0) is 11.6 Å². The first-order valence-corrected chi connectivity index (χ1v) is 4.53. The van der Waals surface area contributed by atoms with Crippen molar-refractivity contribution in [1.29, 1.82) is 0 Å². The van der Waals surface area contributed by atoms with E-state index in [-0.39, 0.29) is 6.04 Å². The number of nitrogens with zero attached hydrogens (tertiary/aromatic N) is 1. The van der Waals surface area contributed by atoms with Crippen LogP contribution in [0.5, 0.6) is 5.75 Å². The Bertz CT molecular complexity index is 302. The molecule has 0 bridgehead atoms. The predicted octanol–water partition coefficient (Wildman–Crippen LogP) is 0.709. The minimum atomic E-state index is -0.487. The van der Waals surface area contributed by atoms with Gasteiger partial charge in [0.2, 0.25) is 0 Å². The maximum absolute atomic E-state index is 5.94. The van der Waals surface area contributed by atoms with E-state index < -0.39 is 6.29 Å². The summed E-state index contributed by atoms with van der Waals surface area (Å²) in [5, 5.41) is 0. The monoisotopic (exact) mass is 212 g/mol. The van der Waals surface area contributed by atoms with Crippen molar-refractivity contribution in [2.24, 2.45) is 5.73 Å². The molecule has 0 spiro atoms. The smallest absolute Gasteiger partial charge is 0.176 e. The van der Waals surface area contributed by atoms with Crippen molar-refractivity contribution < 1.29 is 14.2 Å². The molecule has 0 amide bonds. The minimum Gasteiger partial charge on any atom is -0.495 e. The normalized spacial score (nSPS) is 12.9. The zero-order valence-electron chi connectivity index (χ0n) is 9.14. The van der Waals surface area contributed by atoms with Gasteiger partial charge in [-0.2, -0.15) is 0 Å². The van der Waals surface area contributed by atoms with Gasteiger partial charge in [0.05, 0.1) is 19.3 Å². The maximum atomic E-state index is 5.94. The topological polar surface area (TPSA) is 66.6 Å². The second kappa shape index (κ2) is 5.65. The largest absolute Gasteiger partial charge is 0.495 e. The van der Waals surface area contributed by atoms with Crippen LogP contribution in [0.1, 0.15) is 11.6 Å². The standard InChI is InChI=1S/C10H16N2O3/c1-13-8-4-7(5-12-6-8)9(11)10(14-2)15-3/h4-6,9-10H,11H2,1-3H3. The third-order valence-corrected chi connectivity index (χ3v) is 2.11. The third kappa shape index (κ3) is 2.89. The van der Waals surface area contributed by atoms with Gasteiger partial charge in [-0.3, -0.25) is 4.98 Å². The van der Waals surface area contributed by atoms with E-state index in [9.17, 15) is 0 Å². The van der Waals surface area contributed by atoms with E-state index in [1.165, 1.54) is 0 Å². The highest BCUT2D eigenvalue weighted by Crippen LogP contribution is 2.19. The maximum Gasteiger partial charge on any atom is 0.176 e. The van der Waals surface area contributed by atoms with Crippen LogP contribution in [0.25, 0.3) is 0 Å². The highest BCUT2D eigenvalue weighted by atomic mass is 16.7. The quantitative estimate of drug-likeness (QED) is 0.728. The lowest BCUT2D eigenvalue weighted by molar-refractivity contribution is -0.117. The third-order valence-electron chi connectivity index (χ3n) is 2.11. The Balaban J connectivity index is 2.84. The number of methoxy groups -OCH3 is 3. The Morgan fingerprint density at radius 3 is 2.40 bits per heavy atom. The molecule has 15 heavy (non-hydrogen) atoms. The van der Waals surface area contributed by atoms with Crippen molar-refractivity contribution in [3.05, 3.63) is 24.0 Å². The van der Waals surface area contributed by atoms with Gasteiger partial charge < -0.3 is 19.9 Å². The number of nitrogens with two attached hydrogens (primary N) is 1. The highest BCUT2D eigenvalue weighted by molar-refractivity contribution is 5.26. The molecule has 0 radical (unpaired) electrons. The molecule has 1 unspecified atom stereocenters. The fourth-order valence-electron chi connectivity index (χ4n) is 1.28. The summed E-state index contributed by atoms with van der Waals surface area (Å²) in [5.74, 6) is 0.661. The van der Waals surface area contributed by atoms with E-state index in [2.05, 4.69) is 4.98 Å². The van der Waals surface area contributed by atoms with Crippen LogP contribution in [0.4, 0.5) is 0 Å². The van der Waals surface area contributed by atoms with Crippen molar-refractivity contribution >= 4 is 0 Å². The van der Waals surface area contributed by atoms with Crippen LogP contribution < -0.4 is 10.5 Å². The van der Waals surface area contributed by atoms with Crippen molar-refractivity contribution in [1.82, 2.24) is 4.98 Å². The summed E-state index contributed by atoms with van der Waals surface area (Å²) in [5.41, 5.74) is 6.75. The Labute approximate surface area is 89.2 Å². The second-order valence-corrected chi connectivity index (χ2v) is 3.02. The lowest BCUT2D eigenvalue weighted by atomic mass is 10.1. The molecule has 5 heteroatoms. The van der Waals surface area contributed by atoms with Gasteiger partial charge in [-0.25, -0.2) is 0 Å². The Morgan fingerprint density at radius 1 is 1.20 bits per heavy atom. The van der Waals surface area contributed by atoms with Crippen LogP contribution in [0.15, 0.2) is 18.5 Å². The van der Waals surface area contributed by atoms with Crippen LogP contribution in [-0.2, 0) is 9.47 Å². The van der Waals surface area contributed by atoms with Gasteiger partial charge in [0.25, 0.3) is 0 Å². The molecule has 0 fully saturated rings. The molecule has 0 aromatic carbocycles. The van der Waals surface area contributed by atoms with Gasteiger partial charge in [-0.15, -0.1) is 0 Å². The fourth-order valence-corrected chi connectivity index (χ4v) is 1.28. The second-order valence-electron chi connectivity index (χ2n) is 3.02. The first kappa shape index (κ1) is 11.9. The Hall–Kier alpha value is -1.17. The molecule has 2 N–H and O–H groups in total. The molecule has 0 aliphatic rings. The number of hydrogen-bond acceptors (Lipinski definition) is 5. The van der Waals surface area contributed by atoms with Crippen LogP contribution in [0, 0.1) is 0 Å². The van der Waals surface area contributed by atoms with E-state index in [1.807, 2.05) is 6.07 Å². The SMILES string of the molecule is COc1cncc(C(N)C(OC)OC)c1. The number of rotatable bonds is 5. The van der Waals surface area contributed by atoms with Crippen molar-refractivity contribution in [3.8, 4) is 5.75 Å². The predicted molar refractivity (Wildman–Crippen MR) is 55.5 cm³/mol. The molecule has 5 nitrogen and oxygen atoms in total. The summed E-state index contributed by atoms with van der Waals surface area (Å²) in [4.78, 5) is 4.01. The van der Waals surface area contributed by atoms with E-state index in [1.54, 1.807) is 33.7 Å². The molecule has 84 valence electrons. The minimum absolute atomic E-state index is 0.386. The van der Waals surface area contributed by atoms with Crippen LogP contribution >= 0.6 is 0 Å². The van der Waals surface area contributed by atoms with Crippen LogP contribution in [0.2, 0.25) is 0 Å². The molecule has 1 heterocycles. The summed E-state index contributed by atoms with van der Waals surface area (Å²) >= 11 is 0. The first-order chi connectivity index (χ1) is 7.22. The average molecular weight is 212 g/mol. The summed E-state index contributed by atoms with van der Waals surface area (Å²) in [7, 11) is 4.67. The highest BCUT2D eigenvalue weighted by Gasteiger charge is 2.19. The Kier molecular flexibility index (Phi) is 4.48. The summed E-state index contributed by atoms with van der Waals surface area (Å²) in [6.45, 7) is 0. The van der Waals surface area contributed by atoms with Gasteiger partial charge in [0.1, 0.15) is 5.75 Å². The van der Waals surface area contributed by atoms with Gasteiger partial charge in [-0.1, -0.05) is 0 Å².